The van der Waals surface area contributed by atoms with Crippen LogP contribution in [0.15, 0.2) is 22.7 Å². The van der Waals surface area contributed by atoms with Crippen molar-refractivity contribution < 1.29 is 4.74 Å². The number of nitrogens with one attached hydrogen (secondary N) is 1. The van der Waals surface area contributed by atoms with Crippen molar-refractivity contribution in [2.45, 2.75) is 51.7 Å². The van der Waals surface area contributed by atoms with Crippen LogP contribution in [-0.2, 0) is 11.3 Å². The first kappa shape index (κ1) is 16.8. The number of hydrogen-bond donors (Lipinski definition) is 1. The Kier molecular flexibility index (Phi) is 6.52. The molecule has 1 atom stereocenters. The van der Waals surface area contributed by atoms with Gasteiger partial charge in [0, 0.05) is 42.4 Å². The molecule has 1 fully saturated rings. The molecule has 0 spiro atoms. The maximum atomic E-state index is 5.30. The molecular formula is C17H27BrN2O. The zero-order valence-corrected chi connectivity index (χ0v) is 14.9. The molecular weight excluding hydrogens is 328 g/mol. The summed E-state index contributed by atoms with van der Waals surface area (Å²) in [7, 11) is 1.77. The van der Waals surface area contributed by atoms with Gasteiger partial charge in [-0.05, 0) is 43.9 Å². The number of methoxy groups -OCH3 is 1. The quantitative estimate of drug-likeness (QED) is 0.726. The van der Waals surface area contributed by atoms with Crippen LogP contribution in [0.5, 0.6) is 0 Å². The minimum atomic E-state index is 0.508. The van der Waals surface area contributed by atoms with Gasteiger partial charge >= 0.3 is 0 Å². The summed E-state index contributed by atoms with van der Waals surface area (Å²) in [5.74, 6) is 0. The summed E-state index contributed by atoms with van der Waals surface area (Å²) in [4.78, 5) is 2.47. The highest BCUT2D eigenvalue weighted by molar-refractivity contribution is 9.10. The fraction of sp³-hybridized carbons (Fsp3) is 0.647. The first-order chi connectivity index (χ1) is 10.2. The lowest BCUT2D eigenvalue weighted by atomic mass is 10.1. The fourth-order valence-electron chi connectivity index (χ4n) is 2.48. The predicted molar refractivity (Wildman–Crippen MR) is 93.0 cm³/mol. The van der Waals surface area contributed by atoms with Crippen LogP contribution in [0.1, 0.15) is 38.7 Å². The minimum Gasteiger partial charge on any atom is -0.383 e. The van der Waals surface area contributed by atoms with Crippen molar-refractivity contribution >= 4 is 21.6 Å². The zero-order chi connectivity index (χ0) is 15.2. The molecule has 3 nitrogen and oxygen atoms in total. The van der Waals surface area contributed by atoms with Gasteiger partial charge < -0.3 is 15.0 Å². The van der Waals surface area contributed by atoms with Crippen molar-refractivity contribution in [2.75, 3.05) is 25.2 Å². The Labute approximate surface area is 137 Å². The number of hydrogen-bond acceptors (Lipinski definition) is 3. The SMILES string of the molecule is CCC(C)N(CCOC)c1cc(Br)ccc1CNC1CC1. The Balaban J connectivity index is 2.19. The van der Waals surface area contributed by atoms with Gasteiger partial charge in [-0.15, -0.1) is 0 Å². The summed E-state index contributed by atoms with van der Waals surface area (Å²) in [5.41, 5.74) is 2.70. The Morgan fingerprint density at radius 3 is 2.81 bits per heavy atom. The lowest BCUT2D eigenvalue weighted by Gasteiger charge is -2.32. The third-order valence-electron chi connectivity index (χ3n) is 4.17. The molecule has 2 rings (SSSR count). The van der Waals surface area contributed by atoms with Crippen molar-refractivity contribution in [1.29, 1.82) is 0 Å². The van der Waals surface area contributed by atoms with Crippen molar-refractivity contribution in [1.82, 2.24) is 5.32 Å². The summed E-state index contributed by atoms with van der Waals surface area (Å²) in [6, 6.07) is 7.85. The zero-order valence-electron chi connectivity index (χ0n) is 13.4. The molecule has 1 unspecified atom stereocenters. The van der Waals surface area contributed by atoms with Gasteiger partial charge in [-0.1, -0.05) is 28.9 Å². The molecule has 1 aromatic rings. The summed E-state index contributed by atoms with van der Waals surface area (Å²) >= 11 is 3.62. The molecule has 0 aromatic heterocycles. The molecule has 0 aliphatic heterocycles. The van der Waals surface area contributed by atoms with Gasteiger partial charge in [0.25, 0.3) is 0 Å². The highest BCUT2D eigenvalue weighted by Crippen LogP contribution is 2.28. The van der Waals surface area contributed by atoms with Gasteiger partial charge in [0.1, 0.15) is 0 Å². The van der Waals surface area contributed by atoms with Crippen molar-refractivity contribution in [3.63, 3.8) is 0 Å². The normalized spacial score (nSPS) is 16.0. The van der Waals surface area contributed by atoms with E-state index >= 15 is 0 Å². The highest BCUT2D eigenvalue weighted by Gasteiger charge is 2.22. The molecule has 0 bridgehead atoms. The second kappa shape index (κ2) is 8.16. The Morgan fingerprint density at radius 2 is 2.19 bits per heavy atom. The first-order valence-corrected chi connectivity index (χ1v) is 8.72. The lowest BCUT2D eigenvalue weighted by Crippen LogP contribution is -2.36. The number of rotatable bonds is 9. The van der Waals surface area contributed by atoms with Crippen LogP contribution in [0, 0.1) is 0 Å². The third kappa shape index (κ3) is 4.97. The molecule has 0 amide bonds. The van der Waals surface area contributed by atoms with Crippen LogP contribution in [0.25, 0.3) is 0 Å². The fourth-order valence-corrected chi connectivity index (χ4v) is 2.83. The smallest absolute Gasteiger partial charge is 0.0637 e. The second-order valence-electron chi connectivity index (χ2n) is 5.87. The van der Waals surface area contributed by atoms with E-state index in [9.17, 15) is 0 Å². The number of nitrogens with zero attached hydrogens (tertiary/aromatic N) is 1. The predicted octanol–water partition coefficient (Wildman–Crippen LogP) is 3.95. The second-order valence-corrected chi connectivity index (χ2v) is 6.79. The minimum absolute atomic E-state index is 0.508. The van der Waals surface area contributed by atoms with E-state index in [1.807, 2.05) is 0 Å². The maximum absolute atomic E-state index is 5.30. The summed E-state index contributed by atoms with van der Waals surface area (Å²) in [5, 5.41) is 3.63. The molecule has 1 aliphatic carbocycles. The maximum Gasteiger partial charge on any atom is 0.0637 e. The number of ether oxygens (including phenoxy) is 1. The molecule has 0 heterocycles. The molecule has 1 saturated carbocycles. The molecule has 4 heteroatoms. The largest absolute Gasteiger partial charge is 0.383 e. The monoisotopic (exact) mass is 354 g/mol. The average Bonchev–Trinajstić information content (AvgIpc) is 3.30. The van der Waals surface area contributed by atoms with E-state index in [1.54, 1.807) is 7.11 Å². The van der Waals surface area contributed by atoms with E-state index in [0.717, 1.165) is 36.6 Å². The molecule has 1 aromatic carbocycles. The van der Waals surface area contributed by atoms with Gasteiger partial charge in [0.2, 0.25) is 0 Å². The molecule has 0 radical (unpaired) electrons. The van der Waals surface area contributed by atoms with Crippen molar-refractivity contribution in [3.05, 3.63) is 28.2 Å². The van der Waals surface area contributed by atoms with Crippen LogP contribution in [-0.4, -0.2) is 32.3 Å². The summed E-state index contributed by atoms with van der Waals surface area (Å²) in [6.45, 7) is 7.16. The van der Waals surface area contributed by atoms with Gasteiger partial charge in [0.15, 0.2) is 0 Å². The van der Waals surface area contributed by atoms with Gasteiger partial charge in [-0.3, -0.25) is 0 Å². The Morgan fingerprint density at radius 1 is 1.43 bits per heavy atom. The Hall–Kier alpha value is -0.580. The van der Waals surface area contributed by atoms with Gasteiger partial charge in [-0.25, -0.2) is 0 Å². The summed E-state index contributed by atoms with van der Waals surface area (Å²) < 4.78 is 6.44. The van der Waals surface area contributed by atoms with Gasteiger partial charge in [0.05, 0.1) is 6.61 Å². The van der Waals surface area contributed by atoms with Gasteiger partial charge in [-0.2, -0.15) is 0 Å². The topological polar surface area (TPSA) is 24.5 Å². The Bertz CT molecular complexity index is 448. The lowest BCUT2D eigenvalue weighted by molar-refractivity contribution is 0.203. The number of benzene rings is 1. The third-order valence-corrected chi connectivity index (χ3v) is 4.67. The standard InChI is InChI=1S/C17H27BrN2O/c1-4-13(2)20(9-10-21-3)17-11-15(18)6-5-14(17)12-19-16-7-8-16/h5-6,11,13,16,19H,4,7-10,12H2,1-3H3. The van der Waals surface area contributed by atoms with Crippen LogP contribution in [0.4, 0.5) is 5.69 Å². The van der Waals surface area contributed by atoms with Crippen molar-refractivity contribution in [3.8, 4) is 0 Å². The molecule has 21 heavy (non-hydrogen) atoms. The van der Waals surface area contributed by atoms with Crippen molar-refractivity contribution in [2.24, 2.45) is 0 Å². The van der Waals surface area contributed by atoms with E-state index in [1.165, 1.54) is 24.1 Å². The number of anilines is 1. The first-order valence-electron chi connectivity index (χ1n) is 7.93. The van der Waals surface area contributed by atoms with E-state index in [4.69, 9.17) is 4.74 Å². The van der Waals surface area contributed by atoms with Crippen LogP contribution >= 0.6 is 15.9 Å². The van der Waals surface area contributed by atoms with E-state index < -0.39 is 0 Å². The molecule has 118 valence electrons. The molecule has 1 N–H and O–H groups in total. The molecule has 1 aliphatic rings. The average molecular weight is 355 g/mol. The number of halogens is 1. The van der Waals surface area contributed by atoms with Crippen LogP contribution < -0.4 is 10.2 Å². The van der Waals surface area contributed by atoms with Crippen LogP contribution in [0.3, 0.4) is 0 Å². The molecule has 0 saturated heterocycles. The van der Waals surface area contributed by atoms with E-state index in [0.29, 0.717) is 6.04 Å². The van der Waals surface area contributed by atoms with E-state index in [-0.39, 0.29) is 0 Å². The van der Waals surface area contributed by atoms with E-state index in [2.05, 4.69) is 58.2 Å². The highest BCUT2D eigenvalue weighted by atomic mass is 79.9. The van der Waals surface area contributed by atoms with Crippen LogP contribution in [0.2, 0.25) is 0 Å². The summed E-state index contributed by atoms with van der Waals surface area (Å²) in [6.07, 6.45) is 3.78.